The number of allylic oxidation sites excluding steroid dienone is 6. The molecule has 0 saturated carbocycles. The molecule has 0 bridgehead atoms. The molecular formula is C24H28N2OP+. The fourth-order valence-electron chi connectivity index (χ4n) is 2.84. The van der Waals surface area contributed by atoms with Crippen LogP contribution >= 0.6 is 7.56 Å². The molecule has 144 valence electrons. The Balaban J connectivity index is 2.75. The summed E-state index contributed by atoms with van der Waals surface area (Å²) < 4.78 is 11.2. The van der Waals surface area contributed by atoms with Gasteiger partial charge in [0.25, 0.3) is 13.5 Å². The van der Waals surface area contributed by atoms with E-state index < -0.39 is 7.56 Å². The van der Waals surface area contributed by atoms with E-state index in [1.807, 2.05) is 30.3 Å². The highest BCUT2D eigenvalue weighted by Crippen LogP contribution is 2.71. The standard InChI is InChI=1S/C24H28N2OP/c1-8-15-18(5)23-22(11-4)24(27-21-16-13-12-14-17-21)26-28(25-23,19(6)9-2)20(7)10-3/h9-17,25H,2-4,6-8H2,1,5H3/q+1/b18-15+. The van der Waals surface area contributed by atoms with Crippen LogP contribution in [0.15, 0.2) is 120 Å². The Labute approximate surface area is 169 Å². The highest BCUT2D eigenvalue weighted by molar-refractivity contribution is 7.81. The maximum Gasteiger partial charge on any atom is 0.289 e. The van der Waals surface area contributed by atoms with Crippen LogP contribution in [-0.2, 0) is 0 Å². The van der Waals surface area contributed by atoms with Crippen LogP contribution in [0, 0.1) is 0 Å². The van der Waals surface area contributed by atoms with Crippen molar-refractivity contribution in [1.82, 2.24) is 5.09 Å². The summed E-state index contributed by atoms with van der Waals surface area (Å²) in [7, 11) is -2.51. The SMILES string of the molecule is C=CC(=C)[P+]1(C(=C)C=C)N=C(Oc2ccccc2)C(C=C)=C(/C(C)=C/CC)N1. The van der Waals surface area contributed by atoms with E-state index in [9.17, 15) is 0 Å². The van der Waals surface area contributed by atoms with Gasteiger partial charge in [0.05, 0.1) is 11.3 Å². The van der Waals surface area contributed by atoms with Crippen molar-refractivity contribution in [2.24, 2.45) is 4.76 Å². The Bertz CT molecular complexity index is 884. The molecule has 1 aliphatic rings. The van der Waals surface area contributed by atoms with E-state index in [2.05, 4.69) is 57.9 Å². The number of hydrogen-bond acceptors (Lipinski definition) is 3. The van der Waals surface area contributed by atoms with E-state index in [0.29, 0.717) is 11.6 Å². The third-order valence-electron chi connectivity index (χ3n) is 4.38. The molecule has 28 heavy (non-hydrogen) atoms. The monoisotopic (exact) mass is 391 g/mol. The van der Waals surface area contributed by atoms with Gasteiger partial charge in [-0.2, -0.15) is 0 Å². The second-order valence-corrected chi connectivity index (χ2v) is 9.09. The summed E-state index contributed by atoms with van der Waals surface area (Å²) in [5.41, 5.74) is 2.80. The summed E-state index contributed by atoms with van der Waals surface area (Å²) in [5.74, 6) is 1.18. The molecule has 0 unspecified atom stereocenters. The minimum absolute atomic E-state index is 0.484. The fourth-order valence-corrected chi connectivity index (χ4v) is 5.37. The Morgan fingerprint density at radius 2 is 1.71 bits per heavy atom. The van der Waals surface area contributed by atoms with Crippen LogP contribution < -0.4 is 9.82 Å². The average Bonchev–Trinajstić information content (AvgIpc) is 2.72. The lowest BCUT2D eigenvalue weighted by Gasteiger charge is -2.30. The van der Waals surface area contributed by atoms with Crippen molar-refractivity contribution in [3.63, 3.8) is 0 Å². The Kier molecular flexibility index (Phi) is 7.14. The number of benzene rings is 1. The van der Waals surface area contributed by atoms with Gasteiger partial charge in [0.15, 0.2) is 0 Å². The van der Waals surface area contributed by atoms with Crippen LogP contribution in [0.1, 0.15) is 20.3 Å². The Hall–Kier alpha value is -2.90. The van der Waals surface area contributed by atoms with Crippen molar-refractivity contribution >= 4 is 13.5 Å². The lowest BCUT2D eigenvalue weighted by atomic mass is 10.1. The molecule has 1 aromatic rings. The molecule has 0 atom stereocenters. The van der Waals surface area contributed by atoms with Gasteiger partial charge >= 0.3 is 0 Å². The first-order valence-electron chi connectivity index (χ1n) is 9.12. The van der Waals surface area contributed by atoms with Gasteiger partial charge in [-0.25, -0.2) is 5.09 Å². The molecule has 0 aromatic heterocycles. The zero-order valence-corrected chi connectivity index (χ0v) is 17.6. The number of para-hydroxylation sites is 1. The molecule has 2 rings (SSSR count). The first-order chi connectivity index (χ1) is 13.4. The number of ether oxygens (including phenoxy) is 1. The van der Waals surface area contributed by atoms with Gasteiger partial charge in [-0.1, -0.05) is 74.9 Å². The lowest BCUT2D eigenvalue weighted by Crippen LogP contribution is -2.28. The summed E-state index contributed by atoms with van der Waals surface area (Å²) in [4.78, 5) is 0. The molecule has 0 radical (unpaired) electrons. The molecule has 0 spiro atoms. The normalized spacial score (nSPS) is 15.8. The molecule has 0 amide bonds. The Morgan fingerprint density at radius 1 is 1.11 bits per heavy atom. The van der Waals surface area contributed by atoms with Gasteiger partial charge in [0.1, 0.15) is 16.4 Å². The minimum Gasteiger partial charge on any atom is -0.436 e. The van der Waals surface area contributed by atoms with E-state index in [0.717, 1.165) is 33.9 Å². The van der Waals surface area contributed by atoms with Crippen LogP contribution in [0.3, 0.4) is 0 Å². The predicted octanol–water partition coefficient (Wildman–Crippen LogP) is 7.11. The first kappa shape index (κ1) is 21.4. The highest BCUT2D eigenvalue weighted by atomic mass is 31.2. The molecular weight excluding hydrogens is 363 g/mol. The third-order valence-corrected chi connectivity index (χ3v) is 7.44. The Morgan fingerprint density at radius 3 is 2.21 bits per heavy atom. The van der Waals surface area contributed by atoms with Crippen molar-refractivity contribution < 1.29 is 4.74 Å². The summed E-state index contributed by atoms with van der Waals surface area (Å²) in [6, 6.07) is 9.57. The second kappa shape index (κ2) is 9.34. The van der Waals surface area contributed by atoms with E-state index in [1.54, 1.807) is 18.2 Å². The zero-order chi connectivity index (χ0) is 20.7. The molecule has 4 heteroatoms. The number of rotatable bonds is 8. The van der Waals surface area contributed by atoms with E-state index >= 15 is 0 Å². The van der Waals surface area contributed by atoms with E-state index in [-0.39, 0.29) is 0 Å². The maximum absolute atomic E-state index is 6.19. The van der Waals surface area contributed by atoms with Gasteiger partial charge in [0.2, 0.25) is 0 Å². The van der Waals surface area contributed by atoms with Crippen molar-refractivity contribution in [2.75, 3.05) is 0 Å². The van der Waals surface area contributed by atoms with Gasteiger partial charge in [0, 0.05) is 0 Å². The molecule has 3 nitrogen and oxygen atoms in total. The van der Waals surface area contributed by atoms with Crippen molar-refractivity contribution in [1.29, 1.82) is 0 Å². The third kappa shape index (κ3) is 4.16. The topological polar surface area (TPSA) is 33.6 Å². The van der Waals surface area contributed by atoms with Gasteiger partial charge in [-0.15, -0.1) is 0 Å². The molecule has 1 aromatic carbocycles. The fraction of sp³-hybridized carbons (Fsp3) is 0.125. The highest BCUT2D eigenvalue weighted by Gasteiger charge is 2.49. The molecule has 0 saturated heterocycles. The summed E-state index contributed by atoms with van der Waals surface area (Å²) >= 11 is 0. The van der Waals surface area contributed by atoms with Crippen LogP contribution in [0.4, 0.5) is 0 Å². The smallest absolute Gasteiger partial charge is 0.289 e. The summed E-state index contributed by atoms with van der Waals surface area (Å²) in [5, 5.41) is 5.13. The van der Waals surface area contributed by atoms with Gasteiger partial charge in [-0.05, 0) is 43.2 Å². The molecule has 0 aliphatic carbocycles. The van der Waals surface area contributed by atoms with Crippen LogP contribution in [0.2, 0.25) is 0 Å². The van der Waals surface area contributed by atoms with Gasteiger partial charge < -0.3 is 4.74 Å². The second-order valence-electron chi connectivity index (χ2n) is 6.25. The predicted molar refractivity (Wildman–Crippen MR) is 125 cm³/mol. The largest absolute Gasteiger partial charge is 0.436 e. The minimum atomic E-state index is -2.51. The van der Waals surface area contributed by atoms with Crippen LogP contribution in [0.5, 0.6) is 5.75 Å². The number of hydrogen-bond donors (Lipinski definition) is 1. The van der Waals surface area contributed by atoms with Crippen molar-refractivity contribution in [3.8, 4) is 5.75 Å². The maximum atomic E-state index is 6.19. The van der Waals surface area contributed by atoms with Crippen LogP contribution in [-0.4, -0.2) is 5.90 Å². The average molecular weight is 391 g/mol. The van der Waals surface area contributed by atoms with Crippen LogP contribution in [0.25, 0.3) is 0 Å². The van der Waals surface area contributed by atoms with Crippen molar-refractivity contribution in [2.45, 2.75) is 20.3 Å². The molecule has 1 heterocycles. The van der Waals surface area contributed by atoms with E-state index in [4.69, 9.17) is 9.50 Å². The molecule has 1 aliphatic heterocycles. The van der Waals surface area contributed by atoms with E-state index in [1.165, 1.54) is 0 Å². The number of nitrogens with one attached hydrogen (secondary N) is 1. The lowest BCUT2D eigenvalue weighted by molar-refractivity contribution is 0.552. The van der Waals surface area contributed by atoms with Crippen molar-refractivity contribution in [3.05, 3.63) is 115 Å². The summed E-state index contributed by atoms with van der Waals surface area (Å²) in [6.07, 6.45) is 8.25. The number of nitrogens with zero attached hydrogens (tertiary/aromatic N) is 1. The molecule has 0 fully saturated rings. The summed E-state index contributed by atoms with van der Waals surface area (Å²) in [6.45, 7) is 24.4. The quantitative estimate of drug-likeness (QED) is 0.378. The van der Waals surface area contributed by atoms with Gasteiger partial charge in [-0.3, -0.25) is 0 Å². The first-order valence-corrected chi connectivity index (χ1v) is 10.9. The molecule has 1 N–H and O–H groups in total. The zero-order valence-electron chi connectivity index (χ0n) is 16.7.